The first kappa shape index (κ1) is 15.6. The summed E-state index contributed by atoms with van der Waals surface area (Å²) in [5, 5.41) is 0. The second-order valence-electron chi connectivity index (χ2n) is 6.52. The normalized spacial score (nSPS) is 11.2. The Morgan fingerprint density at radius 1 is 0.880 bits per heavy atom. The van der Waals surface area contributed by atoms with Gasteiger partial charge in [-0.2, -0.15) is 4.57 Å². The smallest absolute Gasteiger partial charge is 0.231 e. The summed E-state index contributed by atoms with van der Waals surface area (Å²) in [5.74, 6) is 0. The zero-order chi connectivity index (χ0) is 17.4. The van der Waals surface area contributed by atoms with E-state index in [0.717, 1.165) is 6.42 Å². The standard InChI is InChI=1S/C23H23N2/c1-4-18-16-23-22(25(18)19-11-6-5-7-12-19)15-14-21(24(23)3)20-13-9-8-10-17(20)2/h5-16H,4H2,1-3H3/q+1. The van der Waals surface area contributed by atoms with Crippen molar-refractivity contribution < 1.29 is 4.57 Å². The highest BCUT2D eigenvalue weighted by Crippen LogP contribution is 2.26. The highest BCUT2D eigenvalue weighted by Gasteiger charge is 2.20. The summed E-state index contributed by atoms with van der Waals surface area (Å²) in [6.45, 7) is 4.39. The molecule has 124 valence electrons. The number of fused-ring (bicyclic) bond motifs is 1. The van der Waals surface area contributed by atoms with Gasteiger partial charge >= 0.3 is 0 Å². The molecule has 0 atom stereocenters. The second-order valence-corrected chi connectivity index (χ2v) is 6.52. The summed E-state index contributed by atoms with van der Waals surface area (Å²) < 4.78 is 4.69. The Kier molecular flexibility index (Phi) is 3.89. The van der Waals surface area contributed by atoms with Crippen LogP contribution in [0.3, 0.4) is 0 Å². The van der Waals surface area contributed by atoms with E-state index in [9.17, 15) is 0 Å². The Morgan fingerprint density at radius 2 is 1.60 bits per heavy atom. The van der Waals surface area contributed by atoms with E-state index >= 15 is 0 Å². The lowest BCUT2D eigenvalue weighted by Gasteiger charge is -2.09. The number of hydrogen-bond acceptors (Lipinski definition) is 0. The van der Waals surface area contributed by atoms with Gasteiger partial charge in [0.05, 0.1) is 0 Å². The third-order valence-electron chi connectivity index (χ3n) is 5.01. The van der Waals surface area contributed by atoms with E-state index in [1.807, 2.05) is 0 Å². The molecule has 0 fully saturated rings. The molecule has 0 saturated carbocycles. The van der Waals surface area contributed by atoms with Gasteiger partial charge in [-0.15, -0.1) is 0 Å². The molecule has 0 saturated heterocycles. The van der Waals surface area contributed by atoms with Crippen LogP contribution in [0.1, 0.15) is 18.2 Å². The fraction of sp³-hybridized carbons (Fsp3) is 0.174. The second kappa shape index (κ2) is 6.21. The summed E-state index contributed by atoms with van der Waals surface area (Å²) in [5.41, 5.74) is 8.91. The number of aromatic nitrogens is 2. The van der Waals surface area contributed by atoms with Gasteiger partial charge in [0.25, 0.3) is 0 Å². The maximum atomic E-state index is 2.37. The van der Waals surface area contributed by atoms with Crippen LogP contribution in [-0.2, 0) is 13.5 Å². The van der Waals surface area contributed by atoms with Crippen molar-refractivity contribution in [1.82, 2.24) is 4.57 Å². The number of rotatable bonds is 3. The minimum atomic E-state index is 1.00. The highest BCUT2D eigenvalue weighted by molar-refractivity contribution is 5.79. The molecule has 0 bridgehead atoms. The van der Waals surface area contributed by atoms with Crippen molar-refractivity contribution in [2.24, 2.45) is 7.05 Å². The van der Waals surface area contributed by atoms with E-state index < -0.39 is 0 Å². The lowest BCUT2D eigenvalue weighted by molar-refractivity contribution is -0.633. The van der Waals surface area contributed by atoms with Gasteiger partial charge in [0, 0.05) is 29.1 Å². The maximum Gasteiger partial charge on any atom is 0.231 e. The molecule has 2 nitrogen and oxygen atoms in total. The summed E-state index contributed by atoms with van der Waals surface area (Å²) in [6, 6.07) is 26.0. The molecule has 0 N–H and O–H groups in total. The van der Waals surface area contributed by atoms with Crippen molar-refractivity contribution in [2.75, 3.05) is 0 Å². The number of benzene rings is 2. The average Bonchev–Trinajstić information content (AvgIpc) is 3.03. The summed E-state index contributed by atoms with van der Waals surface area (Å²) in [7, 11) is 2.17. The van der Waals surface area contributed by atoms with Gasteiger partial charge in [-0.1, -0.05) is 43.3 Å². The van der Waals surface area contributed by atoms with Gasteiger partial charge in [-0.05, 0) is 43.2 Å². The van der Waals surface area contributed by atoms with Crippen molar-refractivity contribution in [3.63, 3.8) is 0 Å². The van der Waals surface area contributed by atoms with E-state index in [4.69, 9.17) is 0 Å². The van der Waals surface area contributed by atoms with E-state index in [-0.39, 0.29) is 0 Å². The molecule has 25 heavy (non-hydrogen) atoms. The van der Waals surface area contributed by atoms with Gasteiger partial charge in [0.15, 0.2) is 0 Å². The molecule has 2 aromatic heterocycles. The number of para-hydroxylation sites is 1. The fourth-order valence-corrected chi connectivity index (χ4v) is 3.67. The van der Waals surface area contributed by atoms with Gasteiger partial charge < -0.3 is 4.57 Å². The fourth-order valence-electron chi connectivity index (χ4n) is 3.67. The molecule has 0 aliphatic heterocycles. The molecular formula is C23H23N2+. The Hall–Kier alpha value is -2.87. The van der Waals surface area contributed by atoms with Crippen molar-refractivity contribution in [1.29, 1.82) is 0 Å². The number of nitrogens with zero attached hydrogens (tertiary/aromatic N) is 2. The van der Waals surface area contributed by atoms with E-state index in [2.05, 4.69) is 103 Å². The van der Waals surface area contributed by atoms with Crippen LogP contribution in [0.15, 0.2) is 72.8 Å². The Balaban J connectivity index is 2.00. The minimum absolute atomic E-state index is 1.00. The first-order valence-electron chi connectivity index (χ1n) is 8.85. The van der Waals surface area contributed by atoms with Crippen molar-refractivity contribution in [3.8, 4) is 16.9 Å². The number of hydrogen-bond donors (Lipinski definition) is 0. The first-order chi connectivity index (χ1) is 12.2. The number of aryl methyl sites for hydroxylation is 3. The third-order valence-corrected chi connectivity index (χ3v) is 5.01. The quantitative estimate of drug-likeness (QED) is 0.469. The molecule has 0 unspecified atom stereocenters. The van der Waals surface area contributed by atoms with Crippen LogP contribution in [0.5, 0.6) is 0 Å². The van der Waals surface area contributed by atoms with Gasteiger partial charge in [-0.3, -0.25) is 0 Å². The monoisotopic (exact) mass is 327 g/mol. The van der Waals surface area contributed by atoms with E-state index in [0.29, 0.717) is 0 Å². The van der Waals surface area contributed by atoms with Gasteiger partial charge in [-0.25, -0.2) is 0 Å². The van der Waals surface area contributed by atoms with Gasteiger partial charge in [0.2, 0.25) is 11.2 Å². The van der Waals surface area contributed by atoms with Crippen LogP contribution < -0.4 is 4.57 Å². The van der Waals surface area contributed by atoms with E-state index in [1.165, 1.54) is 39.2 Å². The van der Waals surface area contributed by atoms with Crippen LogP contribution in [-0.4, -0.2) is 4.57 Å². The molecule has 2 heteroatoms. The van der Waals surface area contributed by atoms with Crippen LogP contribution in [0, 0.1) is 6.92 Å². The molecule has 2 aromatic carbocycles. The molecule has 0 spiro atoms. The van der Waals surface area contributed by atoms with Gasteiger partial charge in [0.1, 0.15) is 12.6 Å². The molecule has 2 heterocycles. The molecule has 0 amide bonds. The minimum Gasteiger partial charge on any atom is -0.308 e. The number of pyridine rings is 1. The van der Waals surface area contributed by atoms with Crippen LogP contribution in [0.25, 0.3) is 28.0 Å². The molecule has 0 aliphatic carbocycles. The molecular weight excluding hydrogens is 304 g/mol. The van der Waals surface area contributed by atoms with Crippen molar-refractivity contribution in [2.45, 2.75) is 20.3 Å². The van der Waals surface area contributed by atoms with E-state index in [1.54, 1.807) is 0 Å². The average molecular weight is 327 g/mol. The van der Waals surface area contributed by atoms with Crippen LogP contribution in [0.2, 0.25) is 0 Å². The Labute approximate surface area is 149 Å². The topological polar surface area (TPSA) is 8.81 Å². The zero-order valence-corrected chi connectivity index (χ0v) is 15.0. The lowest BCUT2D eigenvalue weighted by atomic mass is 10.0. The van der Waals surface area contributed by atoms with Crippen LogP contribution >= 0.6 is 0 Å². The maximum absolute atomic E-state index is 2.37. The Bertz CT molecular complexity index is 1040. The highest BCUT2D eigenvalue weighted by atomic mass is 15.0. The summed E-state index contributed by atoms with van der Waals surface area (Å²) in [6.07, 6.45) is 1.00. The Morgan fingerprint density at radius 3 is 2.32 bits per heavy atom. The van der Waals surface area contributed by atoms with Crippen molar-refractivity contribution >= 4 is 11.0 Å². The molecule has 4 rings (SSSR count). The predicted molar refractivity (Wildman–Crippen MR) is 104 cm³/mol. The molecule has 0 radical (unpaired) electrons. The summed E-state index contributed by atoms with van der Waals surface area (Å²) >= 11 is 0. The first-order valence-corrected chi connectivity index (χ1v) is 8.85. The third kappa shape index (κ3) is 2.54. The predicted octanol–water partition coefficient (Wildman–Crippen LogP) is 4.99. The molecule has 0 aliphatic rings. The van der Waals surface area contributed by atoms with Crippen LogP contribution in [0.4, 0.5) is 0 Å². The molecule has 4 aromatic rings. The SMILES string of the molecule is CCc1cc2c(ccc(-c3ccccc3C)[n+]2C)n1-c1ccccc1. The van der Waals surface area contributed by atoms with Crippen molar-refractivity contribution in [3.05, 3.63) is 84.1 Å². The summed E-state index contributed by atoms with van der Waals surface area (Å²) in [4.78, 5) is 0. The lowest BCUT2D eigenvalue weighted by Crippen LogP contribution is -2.31. The largest absolute Gasteiger partial charge is 0.308 e. The zero-order valence-electron chi connectivity index (χ0n) is 15.0.